The van der Waals surface area contributed by atoms with Gasteiger partial charge in [-0.1, -0.05) is 38.1 Å². The molecule has 2 amide bonds. The molecule has 8 nitrogen and oxygen atoms in total. The Hall–Kier alpha value is -3.17. The number of para-hydroxylation sites is 1. The van der Waals surface area contributed by atoms with Gasteiger partial charge in [0.25, 0.3) is 5.91 Å². The highest BCUT2D eigenvalue weighted by molar-refractivity contribution is 7.89. The van der Waals surface area contributed by atoms with Crippen LogP contribution in [0.2, 0.25) is 0 Å². The molecule has 0 aliphatic carbocycles. The normalized spacial score (nSPS) is 11.6. The molecule has 1 heterocycles. The maximum atomic E-state index is 12.9. The van der Waals surface area contributed by atoms with Crippen LogP contribution in [0.25, 0.3) is 10.9 Å². The molecule has 3 rings (SSSR count). The number of hydrazine groups is 1. The smallest absolute Gasteiger partial charge is 0.269 e. The van der Waals surface area contributed by atoms with Crippen molar-refractivity contribution in [1.82, 2.24) is 20.1 Å². The molecule has 31 heavy (non-hydrogen) atoms. The Morgan fingerprint density at radius 1 is 1.03 bits per heavy atom. The second-order valence-corrected chi connectivity index (χ2v) is 9.01. The fourth-order valence-electron chi connectivity index (χ4n) is 3.42. The molecule has 0 spiro atoms. The van der Waals surface area contributed by atoms with Crippen LogP contribution in [0.1, 0.15) is 35.3 Å². The van der Waals surface area contributed by atoms with E-state index in [-0.39, 0.29) is 22.8 Å². The summed E-state index contributed by atoms with van der Waals surface area (Å²) in [5.74, 6) is -0.982. The molecule has 9 heteroatoms. The number of H-pyrrole nitrogens is 1. The van der Waals surface area contributed by atoms with Crippen LogP contribution in [0.5, 0.6) is 0 Å². The highest BCUT2D eigenvalue weighted by Crippen LogP contribution is 2.21. The average molecular weight is 443 g/mol. The quantitative estimate of drug-likeness (QED) is 0.488. The molecule has 3 aromatic rings. The molecule has 0 unspecified atom stereocenters. The number of rotatable bonds is 7. The monoisotopic (exact) mass is 442 g/mol. The van der Waals surface area contributed by atoms with Crippen molar-refractivity contribution in [2.45, 2.75) is 32.1 Å². The van der Waals surface area contributed by atoms with E-state index < -0.39 is 15.9 Å². The predicted octanol–water partition coefficient (Wildman–Crippen LogP) is 2.51. The summed E-state index contributed by atoms with van der Waals surface area (Å²) in [6.45, 7) is 5.87. The van der Waals surface area contributed by atoms with E-state index in [1.54, 1.807) is 33.0 Å². The number of aromatic amines is 1. The number of benzene rings is 2. The van der Waals surface area contributed by atoms with Crippen molar-refractivity contribution in [2.24, 2.45) is 0 Å². The number of aryl methyl sites for hydroxylation is 1. The van der Waals surface area contributed by atoms with Crippen LogP contribution in [-0.2, 0) is 21.2 Å². The van der Waals surface area contributed by atoms with Gasteiger partial charge in [0.05, 0.1) is 11.3 Å². The van der Waals surface area contributed by atoms with E-state index in [4.69, 9.17) is 0 Å². The number of fused-ring (bicyclic) bond motifs is 1. The molecule has 0 radical (unpaired) electrons. The molecule has 2 aromatic carbocycles. The molecule has 164 valence electrons. The molecule has 0 bridgehead atoms. The van der Waals surface area contributed by atoms with Gasteiger partial charge in [0.1, 0.15) is 0 Å². The molecule has 0 aliphatic heterocycles. The number of carbonyl (C=O) groups excluding carboxylic acids is 2. The first-order valence-electron chi connectivity index (χ1n) is 10.0. The van der Waals surface area contributed by atoms with Gasteiger partial charge in [0.2, 0.25) is 15.9 Å². The lowest BCUT2D eigenvalue weighted by Crippen LogP contribution is -2.42. The number of hydrogen-bond donors (Lipinski definition) is 3. The maximum absolute atomic E-state index is 12.9. The summed E-state index contributed by atoms with van der Waals surface area (Å²) >= 11 is 0. The Morgan fingerprint density at radius 3 is 2.45 bits per heavy atom. The minimum absolute atomic E-state index is 0.0777. The van der Waals surface area contributed by atoms with Crippen LogP contribution in [0, 0.1) is 6.92 Å². The standard InChI is InChI=1S/C22H26N4O4S/c1-4-26(5-2)31(29,30)20-12-16(11-10-15(20)3)22(28)25-24-21(27)13-17-14-23-19-9-7-6-8-18(17)19/h6-12,14,23H,4-5,13H2,1-3H3,(H,24,27)(H,25,28). The molecule has 0 saturated heterocycles. The fraction of sp³-hybridized carbons (Fsp3) is 0.273. The summed E-state index contributed by atoms with van der Waals surface area (Å²) in [6, 6.07) is 12.1. The largest absolute Gasteiger partial charge is 0.361 e. The van der Waals surface area contributed by atoms with Crippen LogP contribution in [0.3, 0.4) is 0 Å². The summed E-state index contributed by atoms with van der Waals surface area (Å²) in [7, 11) is -3.71. The van der Waals surface area contributed by atoms with Gasteiger partial charge in [0.15, 0.2) is 0 Å². The molecule has 0 saturated carbocycles. The van der Waals surface area contributed by atoms with Gasteiger partial charge < -0.3 is 4.98 Å². The van der Waals surface area contributed by atoms with Crippen molar-refractivity contribution in [1.29, 1.82) is 0 Å². The number of carbonyl (C=O) groups is 2. The summed E-state index contributed by atoms with van der Waals surface area (Å²) in [5, 5.41) is 0.939. The first kappa shape index (κ1) is 22.5. The van der Waals surface area contributed by atoms with E-state index >= 15 is 0 Å². The van der Waals surface area contributed by atoms with Gasteiger partial charge in [-0.15, -0.1) is 0 Å². The van der Waals surface area contributed by atoms with Gasteiger partial charge in [-0.05, 0) is 36.2 Å². The third-order valence-electron chi connectivity index (χ3n) is 5.11. The Kier molecular flexibility index (Phi) is 6.77. The minimum Gasteiger partial charge on any atom is -0.361 e. The van der Waals surface area contributed by atoms with Gasteiger partial charge in [-0.2, -0.15) is 4.31 Å². The first-order chi connectivity index (χ1) is 14.8. The second-order valence-electron chi connectivity index (χ2n) is 7.11. The van der Waals surface area contributed by atoms with Crippen molar-refractivity contribution in [2.75, 3.05) is 13.1 Å². The molecule has 0 atom stereocenters. The van der Waals surface area contributed by atoms with Crippen LogP contribution < -0.4 is 10.9 Å². The van der Waals surface area contributed by atoms with Crippen LogP contribution >= 0.6 is 0 Å². The Balaban J connectivity index is 1.70. The van der Waals surface area contributed by atoms with Crippen molar-refractivity contribution < 1.29 is 18.0 Å². The Bertz CT molecular complexity index is 1210. The number of aromatic nitrogens is 1. The lowest BCUT2D eigenvalue weighted by molar-refractivity contribution is -0.121. The third kappa shape index (κ3) is 4.78. The van der Waals surface area contributed by atoms with E-state index in [2.05, 4.69) is 15.8 Å². The van der Waals surface area contributed by atoms with E-state index in [0.29, 0.717) is 18.7 Å². The van der Waals surface area contributed by atoms with Crippen LogP contribution in [0.4, 0.5) is 0 Å². The molecule has 3 N–H and O–H groups in total. The Morgan fingerprint density at radius 2 is 1.74 bits per heavy atom. The Labute approximate surface area is 181 Å². The second kappa shape index (κ2) is 9.32. The van der Waals surface area contributed by atoms with Crippen molar-refractivity contribution in [3.63, 3.8) is 0 Å². The molecular weight excluding hydrogens is 416 g/mol. The summed E-state index contributed by atoms with van der Waals surface area (Å²) in [4.78, 5) is 28.0. The lowest BCUT2D eigenvalue weighted by Gasteiger charge is -2.20. The predicted molar refractivity (Wildman–Crippen MR) is 119 cm³/mol. The van der Waals surface area contributed by atoms with Crippen LogP contribution in [0.15, 0.2) is 53.6 Å². The molecule has 0 aliphatic rings. The summed E-state index contributed by atoms with van der Waals surface area (Å²) < 4.78 is 27.1. The number of sulfonamides is 1. The highest BCUT2D eigenvalue weighted by Gasteiger charge is 2.24. The zero-order valence-corrected chi connectivity index (χ0v) is 18.5. The maximum Gasteiger partial charge on any atom is 0.269 e. The fourth-order valence-corrected chi connectivity index (χ4v) is 5.12. The molecule has 0 fully saturated rings. The number of hydrogen-bond acceptors (Lipinski definition) is 4. The van der Waals surface area contributed by atoms with Crippen molar-refractivity contribution in [3.8, 4) is 0 Å². The number of amides is 2. The zero-order chi connectivity index (χ0) is 22.6. The topological polar surface area (TPSA) is 111 Å². The van der Waals surface area contributed by atoms with Gasteiger partial charge in [-0.3, -0.25) is 20.4 Å². The van der Waals surface area contributed by atoms with Gasteiger partial charge >= 0.3 is 0 Å². The summed E-state index contributed by atoms with van der Waals surface area (Å²) in [5.41, 5.74) is 7.17. The van der Waals surface area contributed by atoms with Crippen molar-refractivity contribution in [3.05, 3.63) is 65.4 Å². The van der Waals surface area contributed by atoms with E-state index in [1.807, 2.05) is 24.3 Å². The SMILES string of the molecule is CCN(CC)S(=O)(=O)c1cc(C(=O)NNC(=O)Cc2c[nH]c3ccccc23)ccc1C. The first-order valence-corrected chi connectivity index (χ1v) is 11.5. The third-order valence-corrected chi connectivity index (χ3v) is 7.31. The summed E-state index contributed by atoms with van der Waals surface area (Å²) in [6.07, 6.45) is 1.84. The number of nitrogens with zero attached hydrogens (tertiary/aromatic N) is 1. The van der Waals surface area contributed by atoms with E-state index in [0.717, 1.165) is 16.5 Å². The molecular formula is C22H26N4O4S. The molecule has 1 aromatic heterocycles. The van der Waals surface area contributed by atoms with Crippen LogP contribution in [-0.4, -0.2) is 42.6 Å². The van der Waals surface area contributed by atoms with E-state index in [9.17, 15) is 18.0 Å². The zero-order valence-electron chi connectivity index (χ0n) is 17.7. The average Bonchev–Trinajstić information content (AvgIpc) is 3.15. The van der Waals surface area contributed by atoms with Gasteiger partial charge in [-0.25, -0.2) is 8.42 Å². The minimum atomic E-state index is -3.71. The lowest BCUT2D eigenvalue weighted by atomic mass is 10.1. The van der Waals surface area contributed by atoms with E-state index in [1.165, 1.54) is 16.4 Å². The number of nitrogens with one attached hydrogen (secondary N) is 3. The van der Waals surface area contributed by atoms with Gasteiger partial charge in [0, 0.05) is 35.8 Å². The van der Waals surface area contributed by atoms with Crippen molar-refractivity contribution >= 4 is 32.7 Å². The highest BCUT2D eigenvalue weighted by atomic mass is 32.2.